The Kier molecular flexibility index (Phi) is 13.7. The number of aliphatic imine (C=N–C) groups is 2. The number of aryl methyl sites for hydroxylation is 2. The van der Waals surface area contributed by atoms with E-state index in [-0.39, 0.29) is 22.9 Å². The van der Waals surface area contributed by atoms with Gasteiger partial charge in [0.15, 0.2) is 0 Å². The molecule has 2 atom stereocenters. The maximum atomic E-state index is 11.2. The Balaban J connectivity index is 1.90. The average molecular weight is 799 g/mol. The van der Waals surface area contributed by atoms with Crippen LogP contribution >= 0.6 is 45.2 Å². The van der Waals surface area contributed by atoms with Crippen LogP contribution in [-0.4, -0.2) is 43.6 Å². The summed E-state index contributed by atoms with van der Waals surface area (Å²) in [6.45, 7) is 12.9. The van der Waals surface area contributed by atoms with Crippen molar-refractivity contribution in [3.8, 4) is 11.5 Å². The third-order valence-corrected chi connectivity index (χ3v) is 9.74. The van der Waals surface area contributed by atoms with Crippen molar-refractivity contribution in [3.05, 3.63) is 57.6 Å². The van der Waals surface area contributed by atoms with Crippen molar-refractivity contribution in [2.75, 3.05) is 8.86 Å². The first-order valence-corrected chi connectivity index (χ1v) is 18.8. The lowest BCUT2D eigenvalue weighted by Crippen LogP contribution is -2.27. The quantitative estimate of drug-likeness (QED) is 0.0973. The van der Waals surface area contributed by atoms with Gasteiger partial charge in [-0.05, 0) is 94.3 Å². The smallest absolute Gasteiger partial charge is 0.128 e. The Morgan fingerprint density at radius 3 is 1.38 bits per heavy atom. The van der Waals surface area contributed by atoms with Gasteiger partial charge in [0.05, 0.1) is 12.1 Å². The van der Waals surface area contributed by atoms with E-state index in [9.17, 15) is 10.2 Å². The number of hydrogen-bond acceptors (Lipinski definition) is 4. The average Bonchev–Trinajstić information content (AvgIpc) is 2.92. The number of alkyl halides is 2. The predicted molar refractivity (Wildman–Crippen MR) is 198 cm³/mol. The summed E-state index contributed by atoms with van der Waals surface area (Å²) in [6.07, 6.45) is 14.8. The van der Waals surface area contributed by atoms with Crippen molar-refractivity contribution in [3.63, 3.8) is 0 Å². The zero-order valence-corrected chi connectivity index (χ0v) is 31.0. The number of aromatic hydroxyl groups is 2. The van der Waals surface area contributed by atoms with Crippen LogP contribution in [0.4, 0.5) is 0 Å². The van der Waals surface area contributed by atoms with E-state index in [1.807, 2.05) is 12.4 Å². The number of rotatable bonds is 12. The Labute approximate surface area is 282 Å². The first kappa shape index (κ1) is 35.3. The minimum absolute atomic E-state index is 0.0613. The van der Waals surface area contributed by atoms with Gasteiger partial charge in [-0.25, -0.2) is 0 Å². The third kappa shape index (κ3) is 10.2. The van der Waals surface area contributed by atoms with Crippen molar-refractivity contribution in [2.24, 2.45) is 9.98 Å². The Morgan fingerprint density at radius 1 is 0.667 bits per heavy atom. The third-order valence-electron chi connectivity index (χ3n) is 8.22. The fraction of sp³-hybridized carbons (Fsp3) is 0.611. The van der Waals surface area contributed by atoms with E-state index in [4.69, 9.17) is 9.98 Å². The Bertz CT molecular complexity index is 1130. The highest BCUT2D eigenvalue weighted by Crippen LogP contribution is 2.36. The van der Waals surface area contributed by atoms with Gasteiger partial charge in [0.25, 0.3) is 0 Å². The predicted octanol–water partition coefficient (Wildman–Crippen LogP) is 10.1. The standard InChI is InChI=1S/C36H52I2N2O2/c1-35(2,3)29-21-25(13-9-11-17-37)19-27(33(29)41)23-39-31-15-7-8-16-32(31)40-24-28-20-26(14-10-12-18-38)22-30(34(28)42)36(4,5)6/h19-24,31-32,41-42H,7-18H2,1-6H3/t31-,32-/m0/s1. The number of hydrogen-bond donors (Lipinski definition) is 2. The normalized spacial score (nSPS) is 18.4. The number of unbranched alkanes of at least 4 members (excludes halogenated alkanes) is 2. The van der Waals surface area contributed by atoms with Gasteiger partial charge < -0.3 is 10.2 Å². The molecule has 1 saturated carbocycles. The lowest BCUT2D eigenvalue weighted by molar-refractivity contribution is 0.390. The zero-order valence-electron chi connectivity index (χ0n) is 26.6. The lowest BCUT2D eigenvalue weighted by atomic mass is 9.83. The molecule has 0 aromatic heterocycles. The Hall–Kier alpha value is -1.16. The first-order chi connectivity index (χ1) is 19.8. The molecule has 0 saturated heterocycles. The second-order valence-electron chi connectivity index (χ2n) is 13.9. The molecule has 6 heteroatoms. The number of nitrogens with zero attached hydrogens (tertiary/aromatic N) is 2. The van der Waals surface area contributed by atoms with Crippen LogP contribution in [0.15, 0.2) is 34.3 Å². The summed E-state index contributed by atoms with van der Waals surface area (Å²) >= 11 is 4.88. The highest BCUT2D eigenvalue weighted by atomic mass is 127. The first-order valence-electron chi connectivity index (χ1n) is 15.8. The van der Waals surface area contributed by atoms with Crippen LogP contribution in [0.25, 0.3) is 0 Å². The molecule has 2 aromatic rings. The number of phenolic OH excluding ortho intramolecular Hbond substituents is 2. The van der Waals surface area contributed by atoms with E-state index in [2.05, 4.69) is 111 Å². The summed E-state index contributed by atoms with van der Waals surface area (Å²) in [5.74, 6) is 0.692. The molecular weight excluding hydrogens is 746 g/mol. The van der Waals surface area contributed by atoms with Gasteiger partial charge in [-0.3, -0.25) is 9.98 Å². The molecule has 0 heterocycles. The van der Waals surface area contributed by atoms with Crippen molar-refractivity contribution < 1.29 is 10.2 Å². The molecule has 1 aliphatic rings. The minimum Gasteiger partial charge on any atom is -0.507 e. The van der Waals surface area contributed by atoms with Crippen LogP contribution in [0.5, 0.6) is 11.5 Å². The summed E-state index contributed by atoms with van der Waals surface area (Å²) in [7, 11) is 0. The summed E-state index contributed by atoms with van der Waals surface area (Å²) < 4.78 is 2.33. The van der Waals surface area contributed by atoms with Crippen molar-refractivity contribution in [1.82, 2.24) is 0 Å². The highest BCUT2D eigenvalue weighted by molar-refractivity contribution is 14.1. The highest BCUT2D eigenvalue weighted by Gasteiger charge is 2.26. The van der Waals surface area contributed by atoms with Gasteiger partial charge in [0.1, 0.15) is 11.5 Å². The lowest BCUT2D eigenvalue weighted by Gasteiger charge is -2.26. The van der Waals surface area contributed by atoms with E-state index >= 15 is 0 Å². The molecule has 0 aliphatic heterocycles. The molecule has 0 unspecified atom stereocenters. The summed E-state index contributed by atoms with van der Waals surface area (Å²) in [5.41, 5.74) is 5.83. The number of halogens is 2. The molecule has 4 nitrogen and oxygen atoms in total. The molecule has 1 aliphatic carbocycles. The number of phenols is 2. The molecule has 1 fully saturated rings. The van der Waals surface area contributed by atoms with Gasteiger partial charge in [-0.15, -0.1) is 0 Å². The van der Waals surface area contributed by atoms with Gasteiger partial charge >= 0.3 is 0 Å². The maximum absolute atomic E-state index is 11.2. The van der Waals surface area contributed by atoms with Gasteiger partial charge in [-0.1, -0.05) is 112 Å². The van der Waals surface area contributed by atoms with Crippen molar-refractivity contribution >= 4 is 57.6 Å². The van der Waals surface area contributed by atoms with Crippen molar-refractivity contribution in [2.45, 2.75) is 129 Å². The van der Waals surface area contributed by atoms with E-state index < -0.39 is 0 Å². The van der Waals surface area contributed by atoms with E-state index in [1.165, 1.54) is 24.0 Å². The van der Waals surface area contributed by atoms with Gasteiger partial charge in [0, 0.05) is 34.7 Å². The Morgan fingerprint density at radius 2 is 1.05 bits per heavy atom. The second kappa shape index (κ2) is 16.2. The molecule has 2 N–H and O–H groups in total. The molecule has 3 rings (SSSR count). The number of benzene rings is 2. The van der Waals surface area contributed by atoms with Crippen LogP contribution in [0.3, 0.4) is 0 Å². The summed E-state index contributed by atoms with van der Waals surface area (Å²) in [6, 6.07) is 8.73. The molecule has 0 bridgehead atoms. The summed E-state index contributed by atoms with van der Waals surface area (Å²) in [4.78, 5) is 10.1. The molecule has 232 valence electrons. The SMILES string of the molecule is CC(C)(C)c1cc(CCCCI)cc(C=N[C@H]2CCCC[C@@H]2N=Cc2cc(CCCCI)cc(C(C)(C)C)c2O)c1O. The van der Waals surface area contributed by atoms with E-state index in [0.29, 0.717) is 11.5 Å². The van der Waals surface area contributed by atoms with Gasteiger partial charge in [0.2, 0.25) is 0 Å². The molecular formula is C36H52I2N2O2. The zero-order chi connectivity index (χ0) is 30.9. The van der Waals surface area contributed by atoms with Crippen LogP contribution in [0.2, 0.25) is 0 Å². The van der Waals surface area contributed by atoms with Gasteiger partial charge in [-0.2, -0.15) is 0 Å². The molecule has 0 radical (unpaired) electrons. The molecule has 42 heavy (non-hydrogen) atoms. The van der Waals surface area contributed by atoms with Crippen LogP contribution < -0.4 is 0 Å². The molecule has 0 spiro atoms. The summed E-state index contributed by atoms with van der Waals surface area (Å²) in [5, 5.41) is 22.5. The molecule has 0 amide bonds. The van der Waals surface area contributed by atoms with E-state index in [1.54, 1.807) is 0 Å². The fourth-order valence-electron chi connectivity index (χ4n) is 5.71. The molecule has 2 aromatic carbocycles. The largest absolute Gasteiger partial charge is 0.507 e. The maximum Gasteiger partial charge on any atom is 0.128 e. The second-order valence-corrected chi connectivity index (χ2v) is 16.1. The monoisotopic (exact) mass is 798 g/mol. The van der Waals surface area contributed by atoms with Crippen LogP contribution in [0.1, 0.15) is 126 Å². The van der Waals surface area contributed by atoms with E-state index in [0.717, 1.165) is 82.5 Å². The van der Waals surface area contributed by atoms with Crippen molar-refractivity contribution in [1.29, 1.82) is 0 Å². The fourth-order valence-corrected chi connectivity index (χ4v) is 6.78. The van der Waals surface area contributed by atoms with Crippen LogP contribution in [0, 0.1) is 0 Å². The topological polar surface area (TPSA) is 65.2 Å². The van der Waals surface area contributed by atoms with Crippen LogP contribution in [-0.2, 0) is 23.7 Å². The minimum atomic E-state index is -0.151.